The SMILES string of the molecule is CCOC(=O)Cc1cnc(Br)c(Br)c1. The minimum atomic E-state index is -0.233. The van der Waals surface area contributed by atoms with E-state index in [4.69, 9.17) is 4.74 Å². The van der Waals surface area contributed by atoms with Crippen molar-refractivity contribution in [3.05, 3.63) is 26.9 Å². The summed E-state index contributed by atoms with van der Waals surface area (Å²) in [5, 5.41) is 0. The summed E-state index contributed by atoms with van der Waals surface area (Å²) in [6.45, 7) is 2.19. The monoisotopic (exact) mass is 321 g/mol. The summed E-state index contributed by atoms with van der Waals surface area (Å²) in [7, 11) is 0. The van der Waals surface area contributed by atoms with Crippen LogP contribution in [0.5, 0.6) is 0 Å². The van der Waals surface area contributed by atoms with Crippen molar-refractivity contribution >= 4 is 37.8 Å². The number of halogens is 2. The lowest BCUT2D eigenvalue weighted by molar-refractivity contribution is -0.142. The van der Waals surface area contributed by atoms with Crippen LogP contribution in [0.2, 0.25) is 0 Å². The third-order valence-electron chi connectivity index (χ3n) is 1.51. The Bertz CT molecular complexity index is 342. The van der Waals surface area contributed by atoms with E-state index in [1.807, 2.05) is 6.07 Å². The van der Waals surface area contributed by atoms with Gasteiger partial charge in [0.05, 0.1) is 17.5 Å². The summed E-state index contributed by atoms with van der Waals surface area (Å²) in [5.74, 6) is -0.233. The topological polar surface area (TPSA) is 39.2 Å². The molecule has 1 rings (SSSR count). The Morgan fingerprint density at radius 1 is 1.57 bits per heavy atom. The van der Waals surface area contributed by atoms with Crippen molar-refractivity contribution in [2.24, 2.45) is 0 Å². The first-order valence-electron chi connectivity index (χ1n) is 4.09. The van der Waals surface area contributed by atoms with Gasteiger partial charge in [0.1, 0.15) is 4.60 Å². The van der Waals surface area contributed by atoms with E-state index < -0.39 is 0 Å². The molecule has 14 heavy (non-hydrogen) atoms. The first-order valence-corrected chi connectivity index (χ1v) is 5.67. The molecule has 1 aromatic rings. The number of nitrogens with zero attached hydrogens (tertiary/aromatic N) is 1. The van der Waals surface area contributed by atoms with Crippen LogP contribution in [-0.4, -0.2) is 17.6 Å². The Kier molecular flexibility index (Phi) is 4.54. The quantitative estimate of drug-likeness (QED) is 0.634. The number of ether oxygens (including phenoxy) is 1. The van der Waals surface area contributed by atoms with Gasteiger partial charge >= 0.3 is 5.97 Å². The third-order valence-corrected chi connectivity index (χ3v) is 3.28. The molecule has 0 aromatic carbocycles. The molecule has 1 aromatic heterocycles. The van der Waals surface area contributed by atoms with E-state index in [0.717, 1.165) is 14.6 Å². The number of carbonyl (C=O) groups is 1. The standard InChI is InChI=1S/C9H9Br2NO2/c1-2-14-8(13)4-6-3-7(10)9(11)12-5-6/h3,5H,2,4H2,1H3. The molecule has 76 valence electrons. The number of rotatable bonds is 3. The maximum absolute atomic E-state index is 11.1. The number of hydrogen-bond acceptors (Lipinski definition) is 3. The molecule has 1 heterocycles. The van der Waals surface area contributed by atoms with Crippen LogP contribution in [0.4, 0.5) is 0 Å². The van der Waals surface area contributed by atoms with E-state index in [2.05, 4.69) is 36.8 Å². The zero-order chi connectivity index (χ0) is 10.6. The fourth-order valence-corrected chi connectivity index (χ4v) is 1.55. The van der Waals surface area contributed by atoms with E-state index in [1.54, 1.807) is 13.1 Å². The van der Waals surface area contributed by atoms with Crippen molar-refractivity contribution in [2.75, 3.05) is 6.61 Å². The summed E-state index contributed by atoms with van der Waals surface area (Å²) in [6, 6.07) is 1.84. The number of carbonyl (C=O) groups excluding carboxylic acids is 1. The van der Waals surface area contributed by atoms with Gasteiger partial charge in [0.15, 0.2) is 0 Å². The predicted octanol–water partition coefficient (Wildman–Crippen LogP) is 2.71. The van der Waals surface area contributed by atoms with E-state index in [-0.39, 0.29) is 12.4 Å². The highest BCUT2D eigenvalue weighted by Gasteiger charge is 2.06. The fraction of sp³-hybridized carbons (Fsp3) is 0.333. The molecular weight excluding hydrogens is 314 g/mol. The average molecular weight is 323 g/mol. The van der Waals surface area contributed by atoms with Gasteiger partial charge in [-0.05, 0) is 50.4 Å². The van der Waals surface area contributed by atoms with Gasteiger partial charge in [-0.15, -0.1) is 0 Å². The molecule has 0 fully saturated rings. The molecule has 0 spiro atoms. The highest BCUT2D eigenvalue weighted by molar-refractivity contribution is 9.13. The highest BCUT2D eigenvalue weighted by atomic mass is 79.9. The second-order valence-corrected chi connectivity index (χ2v) is 4.20. The van der Waals surface area contributed by atoms with Crippen LogP contribution in [0.25, 0.3) is 0 Å². The van der Waals surface area contributed by atoms with Gasteiger partial charge in [0, 0.05) is 6.20 Å². The molecule has 0 radical (unpaired) electrons. The smallest absolute Gasteiger partial charge is 0.310 e. The van der Waals surface area contributed by atoms with Crippen LogP contribution in [0.1, 0.15) is 12.5 Å². The van der Waals surface area contributed by atoms with Crippen molar-refractivity contribution in [2.45, 2.75) is 13.3 Å². The Balaban J connectivity index is 2.68. The van der Waals surface area contributed by atoms with Crippen LogP contribution in [-0.2, 0) is 16.0 Å². The molecule has 0 saturated carbocycles. The Morgan fingerprint density at radius 3 is 2.86 bits per heavy atom. The van der Waals surface area contributed by atoms with E-state index in [9.17, 15) is 4.79 Å². The predicted molar refractivity (Wildman–Crippen MR) is 60.0 cm³/mol. The maximum atomic E-state index is 11.1. The fourth-order valence-electron chi connectivity index (χ4n) is 0.936. The second kappa shape index (κ2) is 5.46. The molecular formula is C9H9Br2NO2. The van der Waals surface area contributed by atoms with Crippen molar-refractivity contribution in [3.63, 3.8) is 0 Å². The van der Waals surface area contributed by atoms with Crippen LogP contribution < -0.4 is 0 Å². The zero-order valence-corrected chi connectivity index (χ0v) is 10.8. The van der Waals surface area contributed by atoms with Gasteiger partial charge in [0.25, 0.3) is 0 Å². The number of aromatic nitrogens is 1. The minimum absolute atomic E-state index is 0.233. The third kappa shape index (κ3) is 3.38. The lowest BCUT2D eigenvalue weighted by Crippen LogP contribution is -2.07. The first-order chi connectivity index (χ1) is 6.63. The molecule has 3 nitrogen and oxygen atoms in total. The van der Waals surface area contributed by atoms with Crippen LogP contribution in [0, 0.1) is 0 Å². The summed E-state index contributed by atoms with van der Waals surface area (Å²) in [5.41, 5.74) is 0.832. The Labute approximate surface area is 99.1 Å². The molecule has 0 unspecified atom stereocenters. The molecule has 0 aliphatic rings. The average Bonchev–Trinajstić information content (AvgIpc) is 2.12. The van der Waals surface area contributed by atoms with E-state index in [0.29, 0.717) is 6.61 Å². The van der Waals surface area contributed by atoms with Gasteiger partial charge < -0.3 is 4.74 Å². The van der Waals surface area contributed by atoms with E-state index in [1.165, 1.54) is 0 Å². The van der Waals surface area contributed by atoms with Crippen molar-refractivity contribution < 1.29 is 9.53 Å². The molecule has 0 amide bonds. The lowest BCUT2D eigenvalue weighted by atomic mass is 10.2. The summed E-state index contributed by atoms with van der Waals surface area (Å²) in [4.78, 5) is 15.2. The largest absolute Gasteiger partial charge is 0.466 e. The highest BCUT2D eigenvalue weighted by Crippen LogP contribution is 2.21. The molecule has 5 heteroatoms. The molecule has 0 aliphatic carbocycles. The summed E-state index contributed by atoms with van der Waals surface area (Å²) in [6.07, 6.45) is 1.90. The molecule has 0 bridgehead atoms. The van der Waals surface area contributed by atoms with Gasteiger partial charge in [0.2, 0.25) is 0 Å². The van der Waals surface area contributed by atoms with Crippen LogP contribution in [0.3, 0.4) is 0 Å². The normalized spacial score (nSPS) is 9.93. The van der Waals surface area contributed by atoms with Gasteiger partial charge in [-0.3, -0.25) is 4.79 Å². The van der Waals surface area contributed by atoms with Gasteiger partial charge in [-0.25, -0.2) is 4.98 Å². The lowest BCUT2D eigenvalue weighted by Gasteiger charge is -2.02. The van der Waals surface area contributed by atoms with Crippen molar-refractivity contribution in [1.82, 2.24) is 4.98 Å². The molecule has 0 saturated heterocycles. The molecule has 0 N–H and O–H groups in total. The van der Waals surface area contributed by atoms with Crippen LogP contribution >= 0.6 is 31.9 Å². The zero-order valence-electron chi connectivity index (χ0n) is 7.59. The molecule has 0 atom stereocenters. The summed E-state index contributed by atoms with van der Waals surface area (Å²) >= 11 is 6.57. The number of pyridine rings is 1. The van der Waals surface area contributed by atoms with Crippen molar-refractivity contribution in [3.8, 4) is 0 Å². The second-order valence-electron chi connectivity index (χ2n) is 2.60. The first kappa shape index (κ1) is 11.7. The summed E-state index contributed by atoms with van der Waals surface area (Å²) < 4.78 is 6.38. The number of hydrogen-bond donors (Lipinski definition) is 0. The van der Waals surface area contributed by atoms with Crippen LogP contribution in [0.15, 0.2) is 21.3 Å². The van der Waals surface area contributed by atoms with Crippen molar-refractivity contribution in [1.29, 1.82) is 0 Å². The number of esters is 1. The van der Waals surface area contributed by atoms with Gasteiger partial charge in [-0.2, -0.15) is 0 Å². The Hall–Kier alpha value is -0.420. The Morgan fingerprint density at radius 2 is 2.29 bits per heavy atom. The van der Waals surface area contributed by atoms with E-state index >= 15 is 0 Å². The van der Waals surface area contributed by atoms with Gasteiger partial charge in [-0.1, -0.05) is 0 Å². The maximum Gasteiger partial charge on any atom is 0.310 e. The minimum Gasteiger partial charge on any atom is -0.466 e. The molecule has 0 aliphatic heterocycles.